The third-order valence-corrected chi connectivity index (χ3v) is 4.14. The molecule has 2 aromatic carbocycles. The maximum atomic E-state index is 11.0. The van der Waals surface area contributed by atoms with Gasteiger partial charge in [-0.1, -0.05) is 30.3 Å². The van der Waals surface area contributed by atoms with Gasteiger partial charge in [0, 0.05) is 5.92 Å². The Labute approximate surface area is 120 Å². The molecule has 1 aliphatic rings. The first kappa shape index (κ1) is 12.4. The van der Waals surface area contributed by atoms with E-state index in [1.165, 1.54) is 11.1 Å². The van der Waals surface area contributed by atoms with E-state index >= 15 is 0 Å². The lowest BCUT2D eigenvalue weighted by Gasteiger charge is -2.30. The molecule has 19 heavy (non-hydrogen) atoms. The Morgan fingerprint density at radius 1 is 1.21 bits per heavy atom. The molecule has 3 heteroatoms. The molecule has 0 amide bonds. The summed E-state index contributed by atoms with van der Waals surface area (Å²) in [6.07, 6.45) is 1.88. The number of aldehydes is 1. The van der Waals surface area contributed by atoms with E-state index in [9.17, 15) is 4.79 Å². The van der Waals surface area contributed by atoms with Gasteiger partial charge in [0.25, 0.3) is 0 Å². The van der Waals surface area contributed by atoms with Crippen molar-refractivity contribution in [2.75, 3.05) is 6.61 Å². The fourth-order valence-electron chi connectivity index (χ4n) is 2.47. The van der Waals surface area contributed by atoms with Gasteiger partial charge in [0.05, 0.1) is 16.6 Å². The van der Waals surface area contributed by atoms with Gasteiger partial charge in [0.15, 0.2) is 6.29 Å². The van der Waals surface area contributed by atoms with Crippen LogP contribution in [0.4, 0.5) is 0 Å². The summed E-state index contributed by atoms with van der Waals surface area (Å²) in [5, 5.41) is 0. The monoisotopic (exact) mass is 316 g/mol. The fraction of sp³-hybridized carbons (Fsp3) is 0.188. The number of halogens is 1. The summed E-state index contributed by atoms with van der Waals surface area (Å²) >= 11 is 3.43. The fourth-order valence-corrected chi connectivity index (χ4v) is 2.96. The van der Waals surface area contributed by atoms with E-state index in [0.29, 0.717) is 23.8 Å². The SMILES string of the molecule is O=Cc1cccc(Br)c1OCC1Cc2ccccc21. The van der Waals surface area contributed by atoms with Crippen molar-refractivity contribution in [3.05, 3.63) is 63.6 Å². The van der Waals surface area contributed by atoms with Crippen LogP contribution in [0.3, 0.4) is 0 Å². The van der Waals surface area contributed by atoms with E-state index in [1.807, 2.05) is 12.1 Å². The molecule has 0 aromatic heterocycles. The summed E-state index contributed by atoms with van der Waals surface area (Å²) in [5.74, 6) is 1.07. The minimum atomic E-state index is 0.433. The predicted octanol–water partition coefficient (Wildman–Crippen LogP) is 3.98. The molecular formula is C16H13BrO2. The van der Waals surface area contributed by atoms with Crippen LogP contribution in [-0.2, 0) is 6.42 Å². The summed E-state index contributed by atoms with van der Waals surface area (Å²) < 4.78 is 6.67. The lowest BCUT2D eigenvalue weighted by atomic mass is 9.78. The first-order valence-corrected chi connectivity index (χ1v) is 7.03. The third kappa shape index (κ3) is 2.30. The van der Waals surface area contributed by atoms with Gasteiger partial charge in [-0.25, -0.2) is 0 Å². The molecule has 0 spiro atoms. The number of hydrogen-bond acceptors (Lipinski definition) is 2. The van der Waals surface area contributed by atoms with Gasteiger partial charge in [0.2, 0.25) is 0 Å². The molecule has 96 valence electrons. The quantitative estimate of drug-likeness (QED) is 0.797. The van der Waals surface area contributed by atoms with Crippen molar-refractivity contribution in [2.24, 2.45) is 0 Å². The first-order valence-electron chi connectivity index (χ1n) is 6.24. The van der Waals surface area contributed by atoms with Crippen molar-refractivity contribution in [3.63, 3.8) is 0 Å². The number of carbonyl (C=O) groups excluding carboxylic acids is 1. The number of rotatable bonds is 4. The summed E-state index contributed by atoms with van der Waals surface area (Å²) in [6.45, 7) is 0.612. The van der Waals surface area contributed by atoms with Crippen LogP contribution >= 0.6 is 15.9 Å². The molecule has 1 atom stereocenters. The maximum Gasteiger partial charge on any atom is 0.153 e. The smallest absolute Gasteiger partial charge is 0.153 e. The van der Waals surface area contributed by atoms with Gasteiger partial charge in [-0.05, 0) is 45.6 Å². The molecule has 0 heterocycles. The van der Waals surface area contributed by atoms with Gasteiger partial charge < -0.3 is 4.74 Å². The van der Waals surface area contributed by atoms with Crippen molar-refractivity contribution in [1.29, 1.82) is 0 Å². The summed E-state index contributed by atoms with van der Waals surface area (Å²) in [4.78, 5) is 11.0. The zero-order chi connectivity index (χ0) is 13.2. The lowest BCUT2D eigenvalue weighted by molar-refractivity contribution is 0.111. The average molecular weight is 317 g/mol. The molecular weight excluding hydrogens is 304 g/mol. The summed E-state index contributed by atoms with van der Waals surface area (Å²) in [7, 11) is 0. The molecule has 0 N–H and O–H groups in total. The Morgan fingerprint density at radius 3 is 2.84 bits per heavy atom. The predicted molar refractivity (Wildman–Crippen MR) is 77.9 cm³/mol. The number of para-hydroxylation sites is 1. The Morgan fingerprint density at radius 2 is 2.05 bits per heavy atom. The lowest BCUT2D eigenvalue weighted by Crippen LogP contribution is -2.23. The van der Waals surface area contributed by atoms with Crippen molar-refractivity contribution in [2.45, 2.75) is 12.3 Å². The van der Waals surface area contributed by atoms with Gasteiger partial charge in [-0.15, -0.1) is 0 Å². The number of ether oxygens (including phenoxy) is 1. The van der Waals surface area contributed by atoms with Crippen LogP contribution < -0.4 is 4.74 Å². The molecule has 2 aromatic rings. The minimum Gasteiger partial charge on any atom is -0.491 e. The third-order valence-electron chi connectivity index (χ3n) is 3.51. The summed E-state index contributed by atoms with van der Waals surface area (Å²) in [5.41, 5.74) is 3.35. The highest BCUT2D eigenvalue weighted by molar-refractivity contribution is 9.10. The van der Waals surface area contributed by atoms with E-state index in [1.54, 1.807) is 6.07 Å². The molecule has 2 nitrogen and oxygen atoms in total. The topological polar surface area (TPSA) is 26.3 Å². The van der Waals surface area contributed by atoms with Gasteiger partial charge in [-0.2, -0.15) is 0 Å². The van der Waals surface area contributed by atoms with E-state index < -0.39 is 0 Å². The second kappa shape index (κ2) is 5.17. The average Bonchev–Trinajstić information content (AvgIpc) is 2.41. The molecule has 0 radical (unpaired) electrons. The van der Waals surface area contributed by atoms with Crippen molar-refractivity contribution in [1.82, 2.24) is 0 Å². The zero-order valence-corrected chi connectivity index (χ0v) is 11.9. The zero-order valence-electron chi connectivity index (χ0n) is 10.3. The van der Waals surface area contributed by atoms with Crippen LogP contribution in [-0.4, -0.2) is 12.9 Å². The molecule has 0 aliphatic heterocycles. The summed E-state index contributed by atoms with van der Waals surface area (Å²) in [6, 6.07) is 13.9. The Hall–Kier alpha value is -1.61. The molecule has 0 fully saturated rings. The maximum absolute atomic E-state index is 11.0. The van der Waals surface area contributed by atoms with Gasteiger partial charge in [0.1, 0.15) is 5.75 Å². The van der Waals surface area contributed by atoms with Crippen molar-refractivity contribution >= 4 is 22.2 Å². The van der Waals surface area contributed by atoms with E-state index in [0.717, 1.165) is 17.2 Å². The Bertz CT molecular complexity index is 622. The van der Waals surface area contributed by atoms with Crippen LogP contribution in [0.5, 0.6) is 5.75 Å². The van der Waals surface area contributed by atoms with Crippen LogP contribution in [0, 0.1) is 0 Å². The molecule has 0 saturated carbocycles. The highest BCUT2D eigenvalue weighted by Gasteiger charge is 2.26. The van der Waals surface area contributed by atoms with E-state index in [2.05, 4.69) is 40.2 Å². The van der Waals surface area contributed by atoms with Gasteiger partial charge in [-0.3, -0.25) is 4.79 Å². The van der Waals surface area contributed by atoms with Crippen LogP contribution in [0.15, 0.2) is 46.9 Å². The van der Waals surface area contributed by atoms with E-state index in [4.69, 9.17) is 4.74 Å². The van der Waals surface area contributed by atoms with Crippen LogP contribution in [0.2, 0.25) is 0 Å². The second-order valence-electron chi connectivity index (χ2n) is 4.69. The molecule has 0 saturated heterocycles. The van der Waals surface area contributed by atoms with Gasteiger partial charge >= 0.3 is 0 Å². The second-order valence-corrected chi connectivity index (χ2v) is 5.54. The first-order chi connectivity index (χ1) is 9.29. The molecule has 1 aliphatic carbocycles. The van der Waals surface area contributed by atoms with E-state index in [-0.39, 0.29) is 0 Å². The van der Waals surface area contributed by atoms with Crippen LogP contribution in [0.1, 0.15) is 27.4 Å². The Balaban J connectivity index is 1.73. The normalized spacial score (nSPS) is 16.4. The molecule has 1 unspecified atom stereocenters. The molecule has 3 rings (SSSR count). The standard InChI is InChI=1S/C16H13BrO2/c17-15-7-3-5-12(9-18)16(15)19-10-13-8-11-4-1-2-6-14(11)13/h1-7,9,13H,8,10H2. The minimum absolute atomic E-state index is 0.433. The highest BCUT2D eigenvalue weighted by Crippen LogP contribution is 2.36. The highest BCUT2D eigenvalue weighted by atomic mass is 79.9. The number of fused-ring (bicyclic) bond motifs is 1. The number of carbonyl (C=O) groups is 1. The van der Waals surface area contributed by atoms with Crippen LogP contribution in [0.25, 0.3) is 0 Å². The largest absolute Gasteiger partial charge is 0.491 e. The Kier molecular flexibility index (Phi) is 3.38. The number of hydrogen-bond donors (Lipinski definition) is 0. The van der Waals surface area contributed by atoms with Crippen molar-refractivity contribution < 1.29 is 9.53 Å². The number of benzene rings is 2. The van der Waals surface area contributed by atoms with Crippen molar-refractivity contribution in [3.8, 4) is 5.75 Å². The molecule has 0 bridgehead atoms.